The van der Waals surface area contributed by atoms with Crippen molar-refractivity contribution in [3.05, 3.63) is 59.2 Å². The third-order valence-corrected chi connectivity index (χ3v) is 4.81. The number of benzene rings is 2. The highest BCUT2D eigenvalue weighted by Crippen LogP contribution is 2.29. The average molecular weight is 399 g/mol. The molecule has 29 heavy (non-hydrogen) atoms. The number of nitrogens with one attached hydrogen (secondary N) is 2. The van der Waals surface area contributed by atoms with Crippen molar-refractivity contribution in [1.82, 2.24) is 10.6 Å². The van der Waals surface area contributed by atoms with E-state index < -0.39 is 6.04 Å². The molecule has 2 amide bonds. The zero-order valence-electron chi connectivity index (χ0n) is 17.9. The highest BCUT2D eigenvalue weighted by molar-refractivity contribution is 5.97. The van der Waals surface area contributed by atoms with Crippen LogP contribution in [0.4, 0.5) is 0 Å². The van der Waals surface area contributed by atoms with Crippen LogP contribution in [0.5, 0.6) is 11.5 Å². The van der Waals surface area contributed by atoms with Crippen molar-refractivity contribution in [1.29, 1.82) is 0 Å². The van der Waals surface area contributed by atoms with Gasteiger partial charge in [0, 0.05) is 11.1 Å². The standard InChI is InChI=1S/C23H30N2O4/c1-14(2)21(25-22(26)17-9-7-15(3)8-10-17)23(27)24-16(4)19-13-18(28-5)11-12-20(19)29-6/h7-14,16,21H,1-6H3,(H,24,27)(H,25,26). The first kappa shape index (κ1) is 22.3. The quantitative estimate of drug-likeness (QED) is 0.712. The van der Waals surface area contributed by atoms with Crippen LogP contribution in [0.25, 0.3) is 0 Å². The van der Waals surface area contributed by atoms with Gasteiger partial charge in [0.05, 0.1) is 20.3 Å². The number of hydrogen-bond acceptors (Lipinski definition) is 4. The molecule has 2 aromatic rings. The topological polar surface area (TPSA) is 76.7 Å². The summed E-state index contributed by atoms with van der Waals surface area (Å²) in [6.45, 7) is 7.63. The molecule has 0 fully saturated rings. The van der Waals surface area contributed by atoms with E-state index in [0.717, 1.165) is 11.1 Å². The molecule has 0 aliphatic heterocycles. The van der Waals surface area contributed by atoms with E-state index in [0.29, 0.717) is 17.1 Å². The lowest BCUT2D eigenvalue weighted by molar-refractivity contribution is -0.124. The fraction of sp³-hybridized carbons (Fsp3) is 0.391. The van der Waals surface area contributed by atoms with Crippen LogP contribution in [0.2, 0.25) is 0 Å². The monoisotopic (exact) mass is 398 g/mol. The van der Waals surface area contributed by atoms with Gasteiger partial charge in [-0.15, -0.1) is 0 Å². The van der Waals surface area contributed by atoms with Crippen molar-refractivity contribution < 1.29 is 19.1 Å². The van der Waals surface area contributed by atoms with Gasteiger partial charge < -0.3 is 20.1 Å². The fourth-order valence-corrected chi connectivity index (χ4v) is 3.02. The Hall–Kier alpha value is -3.02. The van der Waals surface area contributed by atoms with Gasteiger partial charge >= 0.3 is 0 Å². The Labute approximate surface area is 172 Å². The molecule has 0 aliphatic rings. The molecule has 2 aromatic carbocycles. The highest BCUT2D eigenvalue weighted by Gasteiger charge is 2.26. The molecule has 0 saturated heterocycles. The number of carbonyl (C=O) groups is 2. The van der Waals surface area contributed by atoms with E-state index in [9.17, 15) is 9.59 Å². The summed E-state index contributed by atoms with van der Waals surface area (Å²) in [6, 6.07) is 11.7. The van der Waals surface area contributed by atoms with Crippen molar-refractivity contribution in [2.75, 3.05) is 14.2 Å². The molecule has 2 unspecified atom stereocenters. The van der Waals surface area contributed by atoms with Crippen LogP contribution in [-0.4, -0.2) is 32.1 Å². The Morgan fingerprint density at radius 1 is 0.897 bits per heavy atom. The lowest BCUT2D eigenvalue weighted by atomic mass is 10.0. The third kappa shape index (κ3) is 5.73. The largest absolute Gasteiger partial charge is 0.497 e. The normalized spacial score (nSPS) is 12.8. The SMILES string of the molecule is COc1ccc(OC)c(C(C)NC(=O)C(NC(=O)c2ccc(C)cc2)C(C)C)c1. The van der Waals surface area contributed by atoms with Gasteiger partial charge in [0.15, 0.2) is 0 Å². The van der Waals surface area contributed by atoms with E-state index >= 15 is 0 Å². The average Bonchev–Trinajstić information content (AvgIpc) is 2.71. The van der Waals surface area contributed by atoms with Crippen LogP contribution in [0.3, 0.4) is 0 Å². The summed E-state index contributed by atoms with van der Waals surface area (Å²) in [4.78, 5) is 25.5. The van der Waals surface area contributed by atoms with Crippen LogP contribution in [-0.2, 0) is 4.79 Å². The predicted molar refractivity (Wildman–Crippen MR) is 113 cm³/mol. The second kappa shape index (κ2) is 9.96. The first-order valence-electron chi connectivity index (χ1n) is 9.66. The molecule has 2 rings (SSSR count). The molecule has 2 N–H and O–H groups in total. The van der Waals surface area contributed by atoms with E-state index in [4.69, 9.17) is 9.47 Å². The predicted octanol–water partition coefficient (Wildman–Crippen LogP) is 3.64. The summed E-state index contributed by atoms with van der Waals surface area (Å²) in [7, 11) is 3.17. The van der Waals surface area contributed by atoms with Gasteiger partial charge in [-0.2, -0.15) is 0 Å². The minimum atomic E-state index is -0.664. The summed E-state index contributed by atoms with van der Waals surface area (Å²) in [6.07, 6.45) is 0. The molecular formula is C23H30N2O4. The Morgan fingerprint density at radius 2 is 1.55 bits per heavy atom. The second-order valence-electron chi connectivity index (χ2n) is 7.40. The van der Waals surface area contributed by atoms with E-state index in [1.807, 2.05) is 45.9 Å². The summed E-state index contributed by atoms with van der Waals surface area (Å²) in [5.41, 5.74) is 2.39. The number of methoxy groups -OCH3 is 2. The maximum Gasteiger partial charge on any atom is 0.251 e. The molecular weight excluding hydrogens is 368 g/mol. The van der Waals surface area contributed by atoms with E-state index in [2.05, 4.69) is 10.6 Å². The number of rotatable bonds is 8. The minimum Gasteiger partial charge on any atom is -0.497 e. The first-order chi connectivity index (χ1) is 13.8. The van der Waals surface area contributed by atoms with Crippen LogP contribution < -0.4 is 20.1 Å². The van der Waals surface area contributed by atoms with Gasteiger partial charge in [-0.25, -0.2) is 0 Å². The molecule has 0 saturated carbocycles. The second-order valence-corrected chi connectivity index (χ2v) is 7.40. The summed E-state index contributed by atoms with van der Waals surface area (Å²) in [5.74, 6) is 0.727. The lowest BCUT2D eigenvalue weighted by Crippen LogP contribution is -2.50. The van der Waals surface area contributed by atoms with Gasteiger partial charge in [0.25, 0.3) is 5.91 Å². The minimum absolute atomic E-state index is 0.0798. The molecule has 0 radical (unpaired) electrons. The fourth-order valence-electron chi connectivity index (χ4n) is 3.02. The molecule has 6 heteroatoms. The van der Waals surface area contributed by atoms with Crippen LogP contribution in [0, 0.1) is 12.8 Å². The molecule has 0 aromatic heterocycles. The number of carbonyl (C=O) groups excluding carboxylic acids is 2. The van der Waals surface area contributed by atoms with Crippen molar-refractivity contribution in [3.8, 4) is 11.5 Å². The molecule has 0 aliphatic carbocycles. The maximum atomic E-state index is 12.9. The van der Waals surface area contributed by atoms with Gasteiger partial charge in [0.2, 0.25) is 5.91 Å². The Kier molecular flexibility index (Phi) is 7.65. The van der Waals surface area contributed by atoms with Crippen LogP contribution >= 0.6 is 0 Å². The summed E-state index contributed by atoms with van der Waals surface area (Å²) < 4.78 is 10.7. The van der Waals surface area contributed by atoms with Crippen LogP contribution in [0.15, 0.2) is 42.5 Å². The molecule has 6 nitrogen and oxygen atoms in total. The Balaban J connectivity index is 2.15. The highest BCUT2D eigenvalue weighted by atomic mass is 16.5. The summed E-state index contributed by atoms with van der Waals surface area (Å²) in [5, 5.41) is 5.83. The third-order valence-electron chi connectivity index (χ3n) is 4.81. The lowest BCUT2D eigenvalue weighted by Gasteiger charge is -2.25. The zero-order chi connectivity index (χ0) is 21.6. The molecule has 0 bridgehead atoms. The Morgan fingerprint density at radius 3 is 2.10 bits per heavy atom. The number of amides is 2. The smallest absolute Gasteiger partial charge is 0.251 e. The van der Waals surface area contributed by atoms with Crippen molar-refractivity contribution in [2.45, 2.75) is 39.8 Å². The van der Waals surface area contributed by atoms with Crippen molar-refractivity contribution in [3.63, 3.8) is 0 Å². The summed E-state index contributed by atoms with van der Waals surface area (Å²) >= 11 is 0. The first-order valence-corrected chi connectivity index (χ1v) is 9.66. The molecule has 156 valence electrons. The van der Waals surface area contributed by atoms with Gasteiger partial charge in [-0.3, -0.25) is 9.59 Å². The van der Waals surface area contributed by atoms with E-state index in [1.54, 1.807) is 38.5 Å². The van der Waals surface area contributed by atoms with Crippen molar-refractivity contribution in [2.24, 2.45) is 5.92 Å². The number of aryl methyl sites for hydroxylation is 1. The Bertz CT molecular complexity index is 846. The van der Waals surface area contributed by atoms with Gasteiger partial charge in [0.1, 0.15) is 17.5 Å². The van der Waals surface area contributed by atoms with E-state index in [-0.39, 0.29) is 23.8 Å². The molecule has 0 heterocycles. The van der Waals surface area contributed by atoms with Gasteiger partial charge in [-0.05, 0) is 50.1 Å². The number of ether oxygens (including phenoxy) is 2. The number of hydrogen-bond donors (Lipinski definition) is 2. The van der Waals surface area contributed by atoms with Crippen molar-refractivity contribution >= 4 is 11.8 Å². The van der Waals surface area contributed by atoms with Crippen LogP contribution in [0.1, 0.15) is 48.3 Å². The van der Waals surface area contributed by atoms with E-state index in [1.165, 1.54) is 0 Å². The zero-order valence-corrected chi connectivity index (χ0v) is 17.9. The maximum absolute atomic E-state index is 12.9. The molecule has 0 spiro atoms. The molecule has 2 atom stereocenters. The van der Waals surface area contributed by atoms with Gasteiger partial charge in [-0.1, -0.05) is 31.5 Å².